The molecular formula is C19H23N3O3. The number of carbonyl (C=O) groups excluding carboxylic acids is 1. The van der Waals surface area contributed by atoms with Gasteiger partial charge in [0.1, 0.15) is 17.0 Å². The highest BCUT2D eigenvalue weighted by atomic mass is 16.5. The molecule has 0 aromatic heterocycles. The van der Waals surface area contributed by atoms with Crippen LogP contribution in [0.15, 0.2) is 17.8 Å². The van der Waals surface area contributed by atoms with E-state index in [0.717, 1.165) is 22.6 Å². The third-order valence-corrected chi connectivity index (χ3v) is 4.84. The Bertz CT molecular complexity index is 805. The van der Waals surface area contributed by atoms with Crippen molar-refractivity contribution in [2.75, 3.05) is 13.1 Å². The van der Waals surface area contributed by atoms with Gasteiger partial charge < -0.3 is 9.64 Å². The molecule has 2 aliphatic rings. The summed E-state index contributed by atoms with van der Waals surface area (Å²) in [6.07, 6.45) is 1.27. The van der Waals surface area contributed by atoms with Crippen molar-refractivity contribution in [3.05, 3.63) is 34.5 Å². The minimum absolute atomic E-state index is 0.0300. The second kappa shape index (κ2) is 6.08. The van der Waals surface area contributed by atoms with Crippen LogP contribution in [0.1, 0.15) is 50.3 Å². The zero-order valence-electron chi connectivity index (χ0n) is 15.1. The molecular weight excluding hydrogens is 318 g/mol. The summed E-state index contributed by atoms with van der Waals surface area (Å²) in [6.45, 7) is 8.39. The Kier molecular flexibility index (Phi) is 4.21. The van der Waals surface area contributed by atoms with Gasteiger partial charge in [0.05, 0.1) is 17.3 Å². The molecule has 0 spiro atoms. The lowest BCUT2D eigenvalue weighted by Crippen LogP contribution is -2.45. The second-order valence-electron chi connectivity index (χ2n) is 6.90. The maximum atomic E-state index is 12.5. The third-order valence-electron chi connectivity index (χ3n) is 4.84. The number of ether oxygens (including phenoxy) is 1. The van der Waals surface area contributed by atoms with Gasteiger partial charge in [-0.05, 0) is 51.8 Å². The summed E-state index contributed by atoms with van der Waals surface area (Å²) in [5, 5.41) is 21.1. The molecule has 6 heteroatoms. The number of hydrogen-bond acceptors (Lipinski definition) is 5. The molecule has 1 amide bonds. The summed E-state index contributed by atoms with van der Waals surface area (Å²) in [5.74, 6) is 0.659. The molecule has 0 saturated carbocycles. The lowest BCUT2D eigenvalue weighted by atomic mass is 9.89. The Labute approximate surface area is 147 Å². The van der Waals surface area contributed by atoms with Gasteiger partial charge in [0.15, 0.2) is 0 Å². The number of carbonyl (C=O) groups is 1. The molecule has 1 aromatic carbocycles. The standard InChI is InChI=1S/C19H23N3O3/c1-5-22(24)18-17(21-10-6-7-15(21)23)16-12(2)13(11-20)8-9-14(16)25-19(18,3)4/h8-9,24H,5-7,10H2,1-4H3. The maximum absolute atomic E-state index is 12.5. The smallest absolute Gasteiger partial charge is 0.227 e. The van der Waals surface area contributed by atoms with Crippen LogP contribution in [-0.2, 0) is 4.79 Å². The van der Waals surface area contributed by atoms with Crippen LogP contribution in [0.2, 0.25) is 0 Å². The van der Waals surface area contributed by atoms with Crippen LogP contribution in [0.25, 0.3) is 5.70 Å². The molecule has 25 heavy (non-hydrogen) atoms. The number of fused-ring (bicyclic) bond motifs is 1. The van der Waals surface area contributed by atoms with Gasteiger partial charge in [0.25, 0.3) is 0 Å². The summed E-state index contributed by atoms with van der Waals surface area (Å²) < 4.78 is 6.15. The molecule has 0 radical (unpaired) electrons. The fourth-order valence-corrected chi connectivity index (χ4v) is 3.65. The molecule has 0 bridgehead atoms. The van der Waals surface area contributed by atoms with E-state index >= 15 is 0 Å². The number of likely N-dealkylation sites (N-methyl/N-ethyl adjacent to an activating group) is 1. The monoisotopic (exact) mass is 341 g/mol. The van der Waals surface area contributed by atoms with Crippen molar-refractivity contribution in [3.63, 3.8) is 0 Å². The van der Waals surface area contributed by atoms with E-state index < -0.39 is 5.60 Å². The molecule has 132 valence electrons. The molecule has 0 unspecified atom stereocenters. The van der Waals surface area contributed by atoms with Crippen molar-refractivity contribution in [3.8, 4) is 11.8 Å². The Hall–Kier alpha value is -2.52. The molecule has 1 fully saturated rings. The average molecular weight is 341 g/mol. The molecule has 0 aliphatic carbocycles. The van der Waals surface area contributed by atoms with Crippen molar-refractivity contribution in [2.24, 2.45) is 0 Å². The number of likely N-dealkylation sites (tertiary alicyclic amines) is 1. The van der Waals surface area contributed by atoms with E-state index in [1.807, 2.05) is 27.7 Å². The van der Waals surface area contributed by atoms with Gasteiger partial charge in [-0.1, -0.05) is 0 Å². The predicted octanol–water partition coefficient (Wildman–Crippen LogP) is 3.04. The highest BCUT2D eigenvalue weighted by molar-refractivity contribution is 5.92. The molecule has 1 N–H and O–H groups in total. The van der Waals surface area contributed by atoms with Crippen LogP contribution in [0.3, 0.4) is 0 Å². The van der Waals surface area contributed by atoms with Crippen molar-refractivity contribution < 1.29 is 14.7 Å². The Balaban J connectivity index is 2.37. The summed E-state index contributed by atoms with van der Waals surface area (Å²) >= 11 is 0. The van der Waals surface area contributed by atoms with E-state index in [1.54, 1.807) is 17.0 Å². The van der Waals surface area contributed by atoms with Gasteiger partial charge in [-0.25, -0.2) is 0 Å². The van der Waals surface area contributed by atoms with E-state index in [1.165, 1.54) is 0 Å². The maximum Gasteiger partial charge on any atom is 0.227 e. The Morgan fingerprint density at radius 3 is 2.72 bits per heavy atom. The molecule has 6 nitrogen and oxygen atoms in total. The van der Waals surface area contributed by atoms with Gasteiger partial charge in [0, 0.05) is 25.1 Å². The number of hydrogen-bond donors (Lipinski definition) is 1. The van der Waals surface area contributed by atoms with Gasteiger partial charge in [-0.2, -0.15) is 5.26 Å². The fourth-order valence-electron chi connectivity index (χ4n) is 3.65. The molecule has 1 aromatic rings. The predicted molar refractivity (Wildman–Crippen MR) is 92.6 cm³/mol. The Morgan fingerprint density at radius 1 is 1.44 bits per heavy atom. The number of nitriles is 1. The van der Waals surface area contributed by atoms with E-state index in [-0.39, 0.29) is 5.91 Å². The molecule has 3 rings (SSSR count). The highest BCUT2D eigenvalue weighted by Gasteiger charge is 2.43. The summed E-state index contributed by atoms with van der Waals surface area (Å²) in [4.78, 5) is 14.2. The largest absolute Gasteiger partial charge is 0.481 e. The zero-order valence-corrected chi connectivity index (χ0v) is 15.1. The van der Waals surface area contributed by atoms with E-state index in [0.29, 0.717) is 42.2 Å². The first-order valence-electron chi connectivity index (χ1n) is 8.56. The van der Waals surface area contributed by atoms with Gasteiger partial charge >= 0.3 is 0 Å². The average Bonchev–Trinajstić information content (AvgIpc) is 2.98. The van der Waals surface area contributed by atoms with Gasteiger partial charge in [-0.15, -0.1) is 0 Å². The first kappa shape index (κ1) is 17.3. The second-order valence-corrected chi connectivity index (χ2v) is 6.90. The zero-order chi connectivity index (χ0) is 18.4. The first-order valence-corrected chi connectivity index (χ1v) is 8.56. The summed E-state index contributed by atoms with van der Waals surface area (Å²) in [6, 6.07) is 5.69. The summed E-state index contributed by atoms with van der Waals surface area (Å²) in [5.41, 5.74) is 2.41. The molecule has 1 saturated heterocycles. The Morgan fingerprint density at radius 2 is 2.16 bits per heavy atom. The fraction of sp³-hybridized carbons (Fsp3) is 0.474. The third kappa shape index (κ3) is 2.65. The van der Waals surface area contributed by atoms with Crippen molar-refractivity contribution >= 4 is 11.6 Å². The quantitative estimate of drug-likeness (QED) is 0.855. The van der Waals surface area contributed by atoms with Crippen LogP contribution in [0.4, 0.5) is 0 Å². The van der Waals surface area contributed by atoms with Crippen LogP contribution >= 0.6 is 0 Å². The van der Waals surface area contributed by atoms with Gasteiger partial charge in [0.2, 0.25) is 5.91 Å². The van der Waals surface area contributed by atoms with Crippen molar-refractivity contribution in [1.29, 1.82) is 5.26 Å². The van der Waals surface area contributed by atoms with Crippen molar-refractivity contribution in [2.45, 2.75) is 46.1 Å². The summed E-state index contributed by atoms with van der Waals surface area (Å²) in [7, 11) is 0. The lowest BCUT2D eigenvalue weighted by molar-refractivity contribution is -0.125. The van der Waals surface area contributed by atoms with E-state index in [4.69, 9.17) is 4.74 Å². The van der Waals surface area contributed by atoms with Crippen molar-refractivity contribution in [1.82, 2.24) is 9.96 Å². The number of benzene rings is 1. The SMILES string of the molecule is CCN(O)C1=C(N2CCCC2=O)c2c(ccc(C#N)c2C)OC1(C)C. The van der Waals surface area contributed by atoms with E-state index in [2.05, 4.69) is 6.07 Å². The topological polar surface area (TPSA) is 76.8 Å². The van der Waals surface area contributed by atoms with E-state index in [9.17, 15) is 15.3 Å². The normalized spacial score (nSPS) is 18.7. The molecule has 0 atom stereocenters. The lowest BCUT2D eigenvalue weighted by Gasteiger charge is -2.42. The van der Waals surface area contributed by atoms with Crippen LogP contribution in [-0.4, -0.2) is 39.8 Å². The molecule has 2 heterocycles. The number of nitrogens with zero attached hydrogens (tertiary/aromatic N) is 3. The van der Waals surface area contributed by atoms with Gasteiger partial charge in [-0.3, -0.25) is 15.1 Å². The number of hydroxylamine groups is 2. The minimum Gasteiger partial charge on any atom is -0.481 e. The molecule has 2 aliphatic heterocycles. The number of amides is 1. The van der Waals surface area contributed by atoms with Crippen LogP contribution < -0.4 is 4.74 Å². The van der Waals surface area contributed by atoms with Crippen LogP contribution in [0, 0.1) is 18.3 Å². The van der Waals surface area contributed by atoms with Crippen LogP contribution in [0.5, 0.6) is 5.75 Å². The minimum atomic E-state index is -0.809. The first-order chi connectivity index (χ1) is 11.8. The number of rotatable bonds is 3. The highest BCUT2D eigenvalue weighted by Crippen LogP contribution is 2.46.